The fourth-order valence-corrected chi connectivity index (χ4v) is 2.06. The van der Waals surface area contributed by atoms with Crippen LogP contribution >= 0.6 is 11.6 Å². The molecule has 0 bridgehead atoms. The number of benzene rings is 2. The molecule has 0 spiro atoms. The predicted molar refractivity (Wildman–Crippen MR) is 78.1 cm³/mol. The molecular weight excluding hydrogens is 277 g/mol. The highest BCUT2D eigenvalue weighted by atomic mass is 35.5. The first-order chi connectivity index (χ1) is 9.56. The lowest BCUT2D eigenvalue weighted by atomic mass is 10.1. The Morgan fingerprint density at radius 2 is 1.90 bits per heavy atom. The molecule has 0 saturated carbocycles. The van der Waals surface area contributed by atoms with Gasteiger partial charge in [0.2, 0.25) is 5.91 Å². The van der Waals surface area contributed by atoms with Gasteiger partial charge in [-0.3, -0.25) is 4.79 Å². The van der Waals surface area contributed by atoms with Crippen LogP contribution in [0.3, 0.4) is 0 Å². The second-order valence-electron chi connectivity index (χ2n) is 4.64. The van der Waals surface area contributed by atoms with Crippen molar-refractivity contribution in [1.29, 1.82) is 0 Å². The molecule has 1 amide bonds. The van der Waals surface area contributed by atoms with E-state index in [0.29, 0.717) is 6.54 Å². The molecule has 2 aromatic carbocycles. The van der Waals surface area contributed by atoms with Gasteiger partial charge in [-0.25, -0.2) is 4.39 Å². The minimum atomic E-state index is -0.456. The third-order valence-corrected chi connectivity index (χ3v) is 3.36. The van der Waals surface area contributed by atoms with Gasteiger partial charge in [-0.15, -0.1) is 0 Å². The van der Waals surface area contributed by atoms with Gasteiger partial charge in [0.15, 0.2) is 0 Å². The van der Waals surface area contributed by atoms with Gasteiger partial charge >= 0.3 is 0 Å². The zero-order valence-electron chi connectivity index (χ0n) is 11.1. The number of carbonyl (C=O) groups excluding carboxylic acids is 1. The van der Waals surface area contributed by atoms with E-state index < -0.39 is 5.82 Å². The molecule has 2 rings (SSSR count). The first kappa shape index (κ1) is 14.5. The van der Waals surface area contributed by atoms with Crippen molar-refractivity contribution in [1.82, 2.24) is 5.32 Å². The van der Waals surface area contributed by atoms with Gasteiger partial charge in [-0.2, -0.15) is 0 Å². The molecule has 0 aliphatic heterocycles. The predicted octanol–water partition coefficient (Wildman–Crippen LogP) is 3.65. The van der Waals surface area contributed by atoms with Crippen molar-refractivity contribution in [3.05, 3.63) is 70.0 Å². The highest BCUT2D eigenvalue weighted by Crippen LogP contribution is 2.19. The van der Waals surface area contributed by atoms with E-state index in [2.05, 4.69) is 5.32 Å². The Bertz CT molecular complexity index is 590. The van der Waals surface area contributed by atoms with Gasteiger partial charge in [0, 0.05) is 17.1 Å². The third-order valence-electron chi connectivity index (χ3n) is 3.01. The number of amides is 1. The fraction of sp³-hybridized carbons (Fsp3) is 0.188. The Labute approximate surface area is 122 Å². The maximum absolute atomic E-state index is 13.6. The minimum absolute atomic E-state index is 0.0582. The number of carbonyl (C=O) groups is 1. The molecule has 1 N–H and O–H groups in total. The average molecular weight is 292 g/mol. The van der Waals surface area contributed by atoms with Crippen molar-refractivity contribution >= 4 is 17.5 Å². The molecule has 20 heavy (non-hydrogen) atoms. The van der Waals surface area contributed by atoms with Crippen LogP contribution in [0.5, 0.6) is 0 Å². The van der Waals surface area contributed by atoms with Crippen LogP contribution in [0.1, 0.15) is 16.7 Å². The van der Waals surface area contributed by atoms with Crippen molar-refractivity contribution in [2.24, 2.45) is 0 Å². The van der Waals surface area contributed by atoms with E-state index in [-0.39, 0.29) is 22.9 Å². The van der Waals surface area contributed by atoms with Crippen LogP contribution < -0.4 is 5.32 Å². The van der Waals surface area contributed by atoms with Crippen LogP contribution in [0, 0.1) is 12.7 Å². The lowest BCUT2D eigenvalue weighted by Crippen LogP contribution is -2.25. The van der Waals surface area contributed by atoms with Gasteiger partial charge in [-0.05, 0) is 24.6 Å². The van der Waals surface area contributed by atoms with E-state index in [1.54, 1.807) is 6.07 Å². The van der Waals surface area contributed by atoms with E-state index in [1.807, 2.05) is 31.2 Å². The van der Waals surface area contributed by atoms with Crippen LogP contribution in [0.15, 0.2) is 42.5 Å². The second-order valence-corrected chi connectivity index (χ2v) is 5.05. The Morgan fingerprint density at radius 3 is 2.55 bits per heavy atom. The topological polar surface area (TPSA) is 29.1 Å². The minimum Gasteiger partial charge on any atom is -0.352 e. The summed E-state index contributed by atoms with van der Waals surface area (Å²) in [5.74, 6) is -0.708. The maximum atomic E-state index is 13.6. The Morgan fingerprint density at radius 1 is 1.20 bits per heavy atom. The summed E-state index contributed by atoms with van der Waals surface area (Å²) in [6.07, 6.45) is -0.0582. The zero-order valence-corrected chi connectivity index (χ0v) is 11.9. The molecule has 0 saturated heterocycles. The summed E-state index contributed by atoms with van der Waals surface area (Å²) in [6, 6.07) is 12.3. The zero-order chi connectivity index (χ0) is 14.5. The van der Waals surface area contributed by atoms with E-state index >= 15 is 0 Å². The number of aryl methyl sites for hydroxylation is 1. The monoisotopic (exact) mass is 291 g/mol. The molecule has 0 fully saturated rings. The van der Waals surface area contributed by atoms with Crippen molar-refractivity contribution in [2.45, 2.75) is 19.9 Å². The van der Waals surface area contributed by atoms with Gasteiger partial charge in [-0.1, -0.05) is 47.5 Å². The molecule has 0 heterocycles. The third kappa shape index (κ3) is 3.81. The number of rotatable bonds is 4. The Balaban J connectivity index is 1.94. The number of hydrogen-bond acceptors (Lipinski definition) is 1. The van der Waals surface area contributed by atoms with Crippen LogP contribution in [0.2, 0.25) is 5.02 Å². The van der Waals surface area contributed by atoms with E-state index in [9.17, 15) is 9.18 Å². The molecule has 0 aliphatic rings. The summed E-state index contributed by atoms with van der Waals surface area (Å²) < 4.78 is 13.6. The highest BCUT2D eigenvalue weighted by molar-refractivity contribution is 6.31. The van der Waals surface area contributed by atoms with E-state index in [1.165, 1.54) is 17.7 Å². The second kappa shape index (κ2) is 6.53. The molecule has 0 unspecified atom stereocenters. The largest absolute Gasteiger partial charge is 0.352 e. The molecule has 0 radical (unpaired) electrons. The molecule has 0 aromatic heterocycles. The number of halogens is 2. The Kier molecular flexibility index (Phi) is 4.74. The van der Waals surface area contributed by atoms with Crippen molar-refractivity contribution in [2.75, 3.05) is 0 Å². The molecular formula is C16H15ClFNO. The maximum Gasteiger partial charge on any atom is 0.224 e. The van der Waals surface area contributed by atoms with Crippen LogP contribution in [-0.4, -0.2) is 5.91 Å². The smallest absolute Gasteiger partial charge is 0.224 e. The molecule has 104 valence electrons. The van der Waals surface area contributed by atoms with Gasteiger partial charge < -0.3 is 5.32 Å². The van der Waals surface area contributed by atoms with Gasteiger partial charge in [0.1, 0.15) is 5.82 Å². The average Bonchev–Trinajstić information content (AvgIpc) is 2.42. The SMILES string of the molecule is Cc1ccc(CNC(=O)Cc2c(F)cccc2Cl)cc1. The van der Waals surface area contributed by atoms with Crippen molar-refractivity contribution in [3.63, 3.8) is 0 Å². The quantitative estimate of drug-likeness (QED) is 0.915. The normalized spacial score (nSPS) is 10.3. The summed E-state index contributed by atoms with van der Waals surface area (Å²) in [4.78, 5) is 11.8. The van der Waals surface area contributed by atoms with Crippen LogP contribution in [-0.2, 0) is 17.8 Å². The highest BCUT2D eigenvalue weighted by Gasteiger charge is 2.11. The van der Waals surface area contributed by atoms with Gasteiger partial charge in [0.05, 0.1) is 6.42 Å². The fourth-order valence-electron chi connectivity index (χ4n) is 1.83. The Hall–Kier alpha value is -1.87. The van der Waals surface area contributed by atoms with Crippen molar-refractivity contribution in [3.8, 4) is 0 Å². The standard InChI is InChI=1S/C16H15ClFNO/c1-11-5-7-12(8-6-11)10-19-16(20)9-13-14(17)3-2-4-15(13)18/h2-8H,9-10H2,1H3,(H,19,20). The molecule has 4 heteroatoms. The number of nitrogens with one attached hydrogen (secondary N) is 1. The lowest BCUT2D eigenvalue weighted by Gasteiger charge is -2.08. The number of hydrogen-bond donors (Lipinski definition) is 1. The van der Waals surface area contributed by atoms with Gasteiger partial charge in [0.25, 0.3) is 0 Å². The first-order valence-corrected chi connectivity index (χ1v) is 6.69. The molecule has 0 atom stereocenters. The van der Waals surface area contributed by atoms with Crippen molar-refractivity contribution < 1.29 is 9.18 Å². The first-order valence-electron chi connectivity index (χ1n) is 6.31. The lowest BCUT2D eigenvalue weighted by molar-refractivity contribution is -0.120. The summed E-state index contributed by atoms with van der Waals surface area (Å²) in [5, 5.41) is 3.03. The molecule has 2 aromatic rings. The van der Waals surface area contributed by atoms with Crippen LogP contribution in [0.4, 0.5) is 4.39 Å². The summed E-state index contributed by atoms with van der Waals surface area (Å²) >= 11 is 5.89. The molecule has 0 aliphatic carbocycles. The summed E-state index contributed by atoms with van der Waals surface area (Å²) in [7, 11) is 0. The van der Waals surface area contributed by atoms with E-state index in [4.69, 9.17) is 11.6 Å². The summed E-state index contributed by atoms with van der Waals surface area (Å²) in [5.41, 5.74) is 2.40. The molecule has 2 nitrogen and oxygen atoms in total. The van der Waals surface area contributed by atoms with Crippen LogP contribution in [0.25, 0.3) is 0 Å². The summed E-state index contributed by atoms with van der Waals surface area (Å²) in [6.45, 7) is 2.42. The van der Waals surface area contributed by atoms with E-state index in [0.717, 1.165) is 5.56 Å².